The molecule has 0 aliphatic heterocycles. The molecule has 4 aromatic rings. The Morgan fingerprint density at radius 2 is 1.94 bits per heavy atom. The standard InChI is InChI=1S/C22H18FN3O4S/c1-15-24-10-11-26(15)20-8-7-17(13-19(20)23)25-22(27)21-16(9-12-30-21)14-31(28,29)18-5-3-2-4-6-18/h2-13H,14H2,1H3,(H,25,27). The van der Waals surface area contributed by atoms with Crippen molar-refractivity contribution in [3.63, 3.8) is 0 Å². The first-order valence-electron chi connectivity index (χ1n) is 9.30. The highest BCUT2D eigenvalue weighted by atomic mass is 32.2. The van der Waals surface area contributed by atoms with E-state index in [1.54, 1.807) is 48.1 Å². The second kappa shape index (κ2) is 8.19. The predicted molar refractivity (Wildman–Crippen MR) is 112 cm³/mol. The Hall–Kier alpha value is -3.72. The summed E-state index contributed by atoms with van der Waals surface area (Å²) in [7, 11) is -3.66. The number of furan rings is 1. The predicted octanol–water partition coefficient (Wildman–Crippen LogP) is 4.14. The van der Waals surface area contributed by atoms with Gasteiger partial charge in [0, 0.05) is 23.6 Å². The fourth-order valence-electron chi connectivity index (χ4n) is 3.16. The lowest BCUT2D eigenvalue weighted by molar-refractivity contribution is 0.0995. The summed E-state index contributed by atoms with van der Waals surface area (Å²) in [6.45, 7) is 1.75. The van der Waals surface area contributed by atoms with E-state index < -0.39 is 27.3 Å². The number of carbonyl (C=O) groups excluding carboxylic acids is 1. The zero-order valence-electron chi connectivity index (χ0n) is 16.4. The average molecular weight is 439 g/mol. The number of sulfone groups is 1. The second-order valence-corrected chi connectivity index (χ2v) is 8.80. The van der Waals surface area contributed by atoms with Crippen LogP contribution in [0.3, 0.4) is 0 Å². The second-order valence-electron chi connectivity index (χ2n) is 6.81. The number of hydrogen-bond acceptors (Lipinski definition) is 5. The molecule has 0 unspecified atom stereocenters. The largest absolute Gasteiger partial charge is 0.459 e. The van der Waals surface area contributed by atoms with Gasteiger partial charge in [-0.2, -0.15) is 0 Å². The molecule has 0 radical (unpaired) electrons. The van der Waals surface area contributed by atoms with E-state index in [2.05, 4.69) is 10.3 Å². The third-order valence-electron chi connectivity index (χ3n) is 4.69. The van der Waals surface area contributed by atoms with Crippen LogP contribution >= 0.6 is 0 Å². The molecule has 4 rings (SSSR count). The zero-order valence-corrected chi connectivity index (χ0v) is 17.3. The summed E-state index contributed by atoms with van der Waals surface area (Å²) in [4.78, 5) is 16.9. The van der Waals surface area contributed by atoms with E-state index in [0.717, 1.165) is 0 Å². The maximum Gasteiger partial charge on any atom is 0.291 e. The number of amides is 1. The fourth-order valence-corrected chi connectivity index (χ4v) is 4.54. The van der Waals surface area contributed by atoms with E-state index >= 15 is 0 Å². The van der Waals surface area contributed by atoms with Gasteiger partial charge < -0.3 is 14.3 Å². The number of anilines is 1. The number of nitrogens with one attached hydrogen (secondary N) is 1. The van der Waals surface area contributed by atoms with Gasteiger partial charge in [-0.3, -0.25) is 4.79 Å². The number of rotatable bonds is 6. The molecular weight excluding hydrogens is 421 g/mol. The Bertz CT molecular complexity index is 1340. The molecule has 9 heteroatoms. The lowest BCUT2D eigenvalue weighted by Crippen LogP contribution is -2.15. The minimum atomic E-state index is -3.66. The van der Waals surface area contributed by atoms with Crippen molar-refractivity contribution >= 4 is 21.4 Å². The summed E-state index contributed by atoms with van der Waals surface area (Å²) in [5.41, 5.74) is 0.713. The molecule has 2 heterocycles. The molecule has 1 amide bonds. The summed E-state index contributed by atoms with van der Waals surface area (Å²) in [6, 6.07) is 13.6. The Labute approximate surface area is 178 Å². The van der Waals surface area contributed by atoms with E-state index in [4.69, 9.17) is 4.42 Å². The third kappa shape index (κ3) is 4.26. The number of aromatic nitrogens is 2. The molecule has 0 saturated carbocycles. The number of hydrogen-bond donors (Lipinski definition) is 1. The maximum absolute atomic E-state index is 14.6. The number of benzene rings is 2. The van der Waals surface area contributed by atoms with E-state index in [-0.39, 0.29) is 21.9 Å². The van der Waals surface area contributed by atoms with Crippen LogP contribution in [0.4, 0.5) is 10.1 Å². The summed E-state index contributed by atoms with van der Waals surface area (Å²) in [5.74, 6) is -1.15. The van der Waals surface area contributed by atoms with Crippen LogP contribution in [0, 0.1) is 12.7 Å². The molecule has 0 aliphatic rings. The van der Waals surface area contributed by atoms with Crippen molar-refractivity contribution in [1.82, 2.24) is 9.55 Å². The highest BCUT2D eigenvalue weighted by molar-refractivity contribution is 7.90. The van der Waals surface area contributed by atoms with Crippen LogP contribution < -0.4 is 5.32 Å². The molecule has 158 valence electrons. The maximum atomic E-state index is 14.6. The first-order chi connectivity index (χ1) is 14.8. The van der Waals surface area contributed by atoms with Crippen molar-refractivity contribution in [2.75, 3.05) is 5.32 Å². The Kier molecular flexibility index (Phi) is 5.43. The number of halogens is 1. The molecule has 0 spiro atoms. The van der Waals surface area contributed by atoms with Crippen molar-refractivity contribution < 1.29 is 22.0 Å². The van der Waals surface area contributed by atoms with Gasteiger partial charge in [-0.25, -0.2) is 17.8 Å². The quantitative estimate of drug-likeness (QED) is 0.487. The van der Waals surface area contributed by atoms with Crippen molar-refractivity contribution in [3.8, 4) is 5.69 Å². The van der Waals surface area contributed by atoms with E-state index in [1.807, 2.05) is 0 Å². The van der Waals surface area contributed by atoms with Gasteiger partial charge >= 0.3 is 0 Å². The Morgan fingerprint density at radius 3 is 2.61 bits per heavy atom. The smallest absolute Gasteiger partial charge is 0.291 e. The van der Waals surface area contributed by atoms with Crippen molar-refractivity contribution in [1.29, 1.82) is 0 Å². The summed E-state index contributed by atoms with van der Waals surface area (Å²) >= 11 is 0. The normalized spacial score (nSPS) is 11.4. The molecule has 0 fully saturated rings. The molecule has 0 atom stereocenters. The highest BCUT2D eigenvalue weighted by Crippen LogP contribution is 2.23. The van der Waals surface area contributed by atoms with Gasteiger partial charge in [0.1, 0.15) is 11.6 Å². The third-order valence-corrected chi connectivity index (χ3v) is 6.37. The topological polar surface area (TPSA) is 94.2 Å². The number of nitrogens with zero attached hydrogens (tertiary/aromatic N) is 2. The van der Waals surface area contributed by atoms with Crippen LogP contribution in [0.1, 0.15) is 21.9 Å². The fraction of sp³-hybridized carbons (Fsp3) is 0.0909. The van der Waals surface area contributed by atoms with E-state index in [1.165, 1.54) is 36.6 Å². The van der Waals surface area contributed by atoms with E-state index in [0.29, 0.717) is 11.5 Å². The lowest BCUT2D eigenvalue weighted by atomic mass is 10.2. The summed E-state index contributed by atoms with van der Waals surface area (Å²) < 4.78 is 46.6. The molecule has 2 aromatic carbocycles. The SMILES string of the molecule is Cc1nccn1-c1ccc(NC(=O)c2occc2CS(=O)(=O)c2ccccc2)cc1F. The average Bonchev–Trinajstić information content (AvgIpc) is 3.37. The Balaban J connectivity index is 1.54. The van der Waals surface area contributed by atoms with Gasteiger partial charge in [0.05, 0.1) is 22.6 Å². The summed E-state index contributed by atoms with van der Waals surface area (Å²) in [5, 5.41) is 2.55. The molecule has 0 aliphatic carbocycles. The number of carbonyl (C=O) groups is 1. The first kappa shape index (κ1) is 20.5. The van der Waals surface area contributed by atoms with Crippen LogP contribution in [0.5, 0.6) is 0 Å². The summed E-state index contributed by atoms with van der Waals surface area (Å²) in [6.07, 6.45) is 4.44. The van der Waals surface area contributed by atoms with Crippen molar-refractivity contribution in [2.24, 2.45) is 0 Å². The molecule has 7 nitrogen and oxygen atoms in total. The van der Waals surface area contributed by atoms with Gasteiger partial charge in [0.2, 0.25) is 0 Å². The zero-order chi connectivity index (χ0) is 22.0. The molecule has 31 heavy (non-hydrogen) atoms. The van der Waals surface area contributed by atoms with Gasteiger partial charge in [0.25, 0.3) is 5.91 Å². The minimum absolute atomic E-state index is 0.144. The van der Waals surface area contributed by atoms with Crippen molar-refractivity contribution in [2.45, 2.75) is 17.6 Å². The number of imidazole rings is 1. The highest BCUT2D eigenvalue weighted by Gasteiger charge is 2.23. The Morgan fingerprint density at radius 1 is 1.16 bits per heavy atom. The first-order valence-corrected chi connectivity index (χ1v) is 11.0. The van der Waals surface area contributed by atoms with Crippen molar-refractivity contribution in [3.05, 3.63) is 96.2 Å². The van der Waals surface area contributed by atoms with E-state index in [9.17, 15) is 17.6 Å². The molecule has 2 aromatic heterocycles. The molecule has 0 bridgehead atoms. The van der Waals surface area contributed by atoms with Crippen LogP contribution in [0.2, 0.25) is 0 Å². The van der Waals surface area contributed by atoms with Gasteiger partial charge in [-0.1, -0.05) is 18.2 Å². The molecular formula is C22H18FN3O4S. The molecule has 0 saturated heterocycles. The monoisotopic (exact) mass is 439 g/mol. The minimum Gasteiger partial charge on any atom is -0.459 e. The molecule has 1 N–H and O–H groups in total. The van der Waals surface area contributed by atoms with Gasteiger partial charge in [-0.15, -0.1) is 0 Å². The lowest BCUT2D eigenvalue weighted by Gasteiger charge is -2.10. The van der Waals surface area contributed by atoms with Gasteiger partial charge in [0.15, 0.2) is 15.6 Å². The number of aryl methyl sites for hydroxylation is 1. The van der Waals surface area contributed by atoms with Crippen LogP contribution in [-0.4, -0.2) is 23.9 Å². The van der Waals surface area contributed by atoms with Gasteiger partial charge in [-0.05, 0) is 43.3 Å². The van der Waals surface area contributed by atoms with Crippen LogP contribution in [0.25, 0.3) is 5.69 Å². The van der Waals surface area contributed by atoms with Crippen LogP contribution in [-0.2, 0) is 15.6 Å². The van der Waals surface area contributed by atoms with Crippen LogP contribution in [0.15, 0.2) is 82.6 Å².